The van der Waals surface area contributed by atoms with Crippen molar-refractivity contribution in [3.8, 4) is 0 Å². The quantitative estimate of drug-likeness (QED) is 0.608. The summed E-state index contributed by atoms with van der Waals surface area (Å²) in [5.41, 5.74) is 0. The number of ether oxygens (including phenoxy) is 2. The van der Waals surface area contributed by atoms with E-state index in [2.05, 4.69) is 9.47 Å². The first-order valence-corrected chi connectivity index (χ1v) is 3.69. The van der Waals surface area contributed by atoms with Crippen molar-refractivity contribution < 1.29 is 40.2 Å². The Labute approximate surface area is 78.9 Å². The van der Waals surface area contributed by atoms with E-state index in [1.54, 1.807) is 0 Å². The van der Waals surface area contributed by atoms with Crippen LogP contribution in [0, 0.1) is 0 Å². The van der Waals surface area contributed by atoms with E-state index in [1.807, 2.05) is 0 Å². The molecule has 1 unspecified atom stereocenters. The molecule has 2 nitrogen and oxygen atoms in total. The Balaban J connectivity index is 3.07. The van der Waals surface area contributed by atoms with Crippen molar-refractivity contribution in [2.24, 2.45) is 0 Å². The molecule has 1 atom stereocenters. The monoisotopic (exact) mass is 242 g/mol. The number of halogens is 7. The van der Waals surface area contributed by atoms with Crippen molar-refractivity contribution in [2.45, 2.75) is 30.9 Å². The number of hydrogen-bond donors (Lipinski definition) is 0. The maximum atomic E-state index is 12.4. The maximum absolute atomic E-state index is 12.4. The predicted octanol–water partition coefficient (Wildman–Crippen LogP) is 2.54. The van der Waals surface area contributed by atoms with Crippen LogP contribution in [-0.2, 0) is 9.47 Å². The van der Waals surface area contributed by atoms with Crippen LogP contribution >= 0.6 is 0 Å². The lowest BCUT2D eigenvalue weighted by Crippen LogP contribution is -2.63. The third kappa shape index (κ3) is 2.03. The van der Waals surface area contributed by atoms with Crippen LogP contribution in [0.3, 0.4) is 0 Å². The number of rotatable bonds is 0. The SMILES string of the molecule is FC1CCOC(C(F)(F)F)(C(F)(F)F)O1. The fraction of sp³-hybridized carbons (Fsp3) is 1.00. The third-order valence-corrected chi connectivity index (χ3v) is 1.69. The molecule has 1 fully saturated rings. The van der Waals surface area contributed by atoms with Crippen LogP contribution in [-0.4, -0.2) is 31.1 Å². The second kappa shape index (κ2) is 3.48. The zero-order valence-electron chi connectivity index (χ0n) is 6.95. The van der Waals surface area contributed by atoms with Gasteiger partial charge in [-0.15, -0.1) is 0 Å². The zero-order valence-corrected chi connectivity index (χ0v) is 6.95. The summed E-state index contributed by atoms with van der Waals surface area (Å²) in [4.78, 5) is 0. The number of alkyl halides is 7. The Morgan fingerprint density at radius 2 is 1.47 bits per heavy atom. The Morgan fingerprint density at radius 1 is 1.00 bits per heavy atom. The molecular weight excluding hydrogens is 237 g/mol. The van der Waals surface area contributed by atoms with Crippen LogP contribution in [0.25, 0.3) is 0 Å². The summed E-state index contributed by atoms with van der Waals surface area (Å²) in [6, 6.07) is 0. The van der Waals surface area contributed by atoms with Crippen molar-refractivity contribution in [3.63, 3.8) is 0 Å². The van der Waals surface area contributed by atoms with E-state index >= 15 is 0 Å². The molecule has 1 heterocycles. The topological polar surface area (TPSA) is 18.5 Å². The Hall–Kier alpha value is -0.570. The van der Waals surface area contributed by atoms with Gasteiger partial charge in [0.05, 0.1) is 6.61 Å². The molecule has 1 aliphatic rings. The van der Waals surface area contributed by atoms with Crippen LogP contribution in [0.15, 0.2) is 0 Å². The van der Waals surface area contributed by atoms with Gasteiger partial charge >= 0.3 is 18.1 Å². The van der Waals surface area contributed by atoms with Crippen LogP contribution in [0.4, 0.5) is 30.7 Å². The van der Waals surface area contributed by atoms with Crippen molar-refractivity contribution in [2.75, 3.05) is 6.61 Å². The molecule has 0 saturated carbocycles. The van der Waals surface area contributed by atoms with Crippen LogP contribution in [0.2, 0.25) is 0 Å². The minimum absolute atomic E-state index is 0.673. The van der Waals surface area contributed by atoms with Gasteiger partial charge in [-0.25, -0.2) is 4.39 Å². The van der Waals surface area contributed by atoms with Crippen LogP contribution in [0.5, 0.6) is 0 Å². The smallest absolute Gasteiger partial charge is 0.335 e. The molecule has 0 bridgehead atoms. The molecule has 0 N–H and O–H groups in total. The van der Waals surface area contributed by atoms with E-state index in [9.17, 15) is 30.7 Å². The average Bonchev–Trinajstić information content (AvgIpc) is 1.99. The van der Waals surface area contributed by atoms with Gasteiger partial charge in [-0.05, 0) is 0 Å². The normalized spacial score (nSPS) is 27.8. The molecule has 0 radical (unpaired) electrons. The van der Waals surface area contributed by atoms with E-state index in [1.165, 1.54) is 0 Å². The van der Waals surface area contributed by atoms with Crippen molar-refractivity contribution in [1.29, 1.82) is 0 Å². The van der Waals surface area contributed by atoms with Gasteiger partial charge in [0.2, 0.25) is 6.36 Å². The molecule has 0 aromatic heterocycles. The van der Waals surface area contributed by atoms with Gasteiger partial charge in [0, 0.05) is 6.42 Å². The highest BCUT2D eigenvalue weighted by molar-refractivity contribution is 4.89. The fourth-order valence-electron chi connectivity index (χ4n) is 1.03. The van der Waals surface area contributed by atoms with Gasteiger partial charge in [0.1, 0.15) is 0 Å². The molecule has 0 aromatic carbocycles. The van der Waals surface area contributed by atoms with Gasteiger partial charge in [-0.2, -0.15) is 26.3 Å². The Kier molecular flexibility index (Phi) is 2.90. The standard InChI is InChI=1S/C6H5F7O2/c7-3-1-2-14-4(15-3,5(8,9)10)6(11,12)13/h3H,1-2H2. The van der Waals surface area contributed by atoms with Gasteiger partial charge in [0.25, 0.3) is 0 Å². The lowest BCUT2D eigenvalue weighted by Gasteiger charge is -2.39. The van der Waals surface area contributed by atoms with E-state index in [0.717, 1.165) is 0 Å². The average molecular weight is 242 g/mol. The minimum Gasteiger partial charge on any atom is -0.335 e. The highest BCUT2D eigenvalue weighted by Crippen LogP contribution is 2.49. The van der Waals surface area contributed by atoms with E-state index in [0.29, 0.717) is 0 Å². The molecule has 0 amide bonds. The highest BCUT2D eigenvalue weighted by atomic mass is 19.4. The molecule has 1 saturated heterocycles. The molecule has 0 aliphatic carbocycles. The summed E-state index contributed by atoms with van der Waals surface area (Å²) < 4.78 is 92.0. The third-order valence-electron chi connectivity index (χ3n) is 1.69. The molecule has 0 aromatic rings. The lowest BCUT2D eigenvalue weighted by molar-refractivity contribution is -0.498. The molecular formula is C6H5F7O2. The lowest BCUT2D eigenvalue weighted by atomic mass is 10.2. The first kappa shape index (κ1) is 12.5. The molecule has 90 valence electrons. The molecule has 9 heteroatoms. The van der Waals surface area contributed by atoms with Gasteiger partial charge in [-0.3, -0.25) is 0 Å². The Morgan fingerprint density at radius 3 is 1.73 bits per heavy atom. The summed E-state index contributed by atoms with van der Waals surface area (Å²) in [7, 11) is 0. The Bertz CT molecular complexity index is 219. The summed E-state index contributed by atoms with van der Waals surface area (Å²) in [5.74, 6) is -4.85. The summed E-state index contributed by atoms with van der Waals surface area (Å²) in [5, 5.41) is 0. The summed E-state index contributed by atoms with van der Waals surface area (Å²) >= 11 is 0. The molecule has 0 spiro atoms. The maximum Gasteiger partial charge on any atom is 0.453 e. The first-order chi connectivity index (χ1) is 6.60. The van der Waals surface area contributed by atoms with Gasteiger partial charge < -0.3 is 9.47 Å². The minimum atomic E-state index is -5.88. The van der Waals surface area contributed by atoms with Crippen molar-refractivity contribution >= 4 is 0 Å². The summed E-state index contributed by atoms with van der Waals surface area (Å²) in [6.07, 6.45) is -15.1. The molecule has 15 heavy (non-hydrogen) atoms. The summed E-state index contributed by atoms with van der Waals surface area (Å²) in [6.45, 7) is -1.01. The molecule has 1 rings (SSSR count). The van der Waals surface area contributed by atoms with Crippen molar-refractivity contribution in [1.82, 2.24) is 0 Å². The van der Waals surface area contributed by atoms with E-state index in [-0.39, 0.29) is 0 Å². The van der Waals surface area contributed by atoms with Crippen LogP contribution in [0.1, 0.15) is 6.42 Å². The largest absolute Gasteiger partial charge is 0.453 e. The van der Waals surface area contributed by atoms with E-state index < -0.39 is 37.5 Å². The fourth-order valence-corrected chi connectivity index (χ4v) is 1.03. The number of hydrogen-bond acceptors (Lipinski definition) is 2. The predicted molar refractivity (Wildman–Crippen MR) is 31.4 cm³/mol. The second-order valence-electron chi connectivity index (χ2n) is 2.78. The zero-order chi connectivity index (χ0) is 11.9. The van der Waals surface area contributed by atoms with E-state index in [4.69, 9.17) is 0 Å². The first-order valence-electron chi connectivity index (χ1n) is 3.69. The van der Waals surface area contributed by atoms with Crippen molar-refractivity contribution in [3.05, 3.63) is 0 Å². The van der Waals surface area contributed by atoms with Crippen LogP contribution < -0.4 is 0 Å². The second-order valence-corrected chi connectivity index (χ2v) is 2.78. The highest BCUT2D eigenvalue weighted by Gasteiger charge is 2.76. The van der Waals surface area contributed by atoms with Gasteiger partial charge in [-0.1, -0.05) is 0 Å². The molecule has 1 aliphatic heterocycles. The van der Waals surface area contributed by atoms with Gasteiger partial charge in [0.15, 0.2) is 0 Å².